The molecule has 0 fully saturated rings. The SMILES string of the molecule is O=C(Nc1ccc(Cn2ccccc2=O)cc1)c1ccc(Oc2ccc(Cl)cc2[N+](=O)[O-])cc1. The van der Waals surface area contributed by atoms with Gasteiger partial charge in [0.15, 0.2) is 0 Å². The third-order valence-corrected chi connectivity index (χ3v) is 5.16. The summed E-state index contributed by atoms with van der Waals surface area (Å²) in [6.45, 7) is 0.432. The highest BCUT2D eigenvalue weighted by atomic mass is 35.5. The lowest BCUT2D eigenvalue weighted by Gasteiger charge is -2.09. The van der Waals surface area contributed by atoms with Crippen molar-refractivity contribution in [3.63, 3.8) is 0 Å². The number of amides is 1. The number of pyridine rings is 1. The number of anilines is 1. The summed E-state index contributed by atoms with van der Waals surface area (Å²) in [6.07, 6.45) is 1.72. The number of halogens is 1. The van der Waals surface area contributed by atoms with Gasteiger partial charge in [-0.25, -0.2) is 0 Å². The number of rotatable bonds is 7. The lowest BCUT2D eigenvalue weighted by molar-refractivity contribution is -0.385. The molecule has 0 unspecified atom stereocenters. The zero-order chi connectivity index (χ0) is 24.1. The van der Waals surface area contributed by atoms with E-state index in [-0.39, 0.29) is 27.9 Å². The van der Waals surface area contributed by atoms with Crippen LogP contribution in [-0.2, 0) is 6.54 Å². The predicted octanol–water partition coefficient (Wildman–Crippen LogP) is 5.50. The Morgan fingerprint density at radius 1 is 1.00 bits per heavy atom. The van der Waals surface area contributed by atoms with Crippen molar-refractivity contribution in [2.24, 2.45) is 0 Å². The van der Waals surface area contributed by atoms with Crippen molar-refractivity contribution in [3.8, 4) is 11.5 Å². The van der Waals surface area contributed by atoms with E-state index in [2.05, 4.69) is 5.32 Å². The molecule has 0 saturated carbocycles. The first-order valence-electron chi connectivity index (χ1n) is 10.2. The van der Waals surface area contributed by atoms with E-state index in [1.54, 1.807) is 59.3 Å². The zero-order valence-electron chi connectivity index (χ0n) is 17.7. The second kappa shape index (κ2) is 10.0. The Bertz CT molecular complexity index is 1400. The van der Waals surface area contributed by atoms with E-state index in [4.69, 9.17) is 16.3 Å². The van der Waals surface area contributed by atoms with E-state index >= 15 is 0 Å². The maximum Gasteiger partial charge on any atom is 0.313 e. The number of nitro benzene ring substituents is 1. The monoisotopic (exact) mass is 475 g/mol. The Morgan fingerprint density at radius 3 is 2.41 bits per heavy atom. The van der Waals surface area contributed by atoms with Crippen LogP contribution in [0.5, 0.6) is 11.5 Å². The van der Waals surface area contributed by atoms with Crippen LogP contribution in [0.3, 0.4) is 0 Å². The minimum atomic E-state index is -0.577. The van der Waals surface area contributed by atoms with E-state index in [0.717, 1.165) is 5.56 Å². The normalized spacial score (nSPS) is 10.5. The number of nitrogens with one attached hydrogen (secondary N) is 1. The first kappa shape index (κ1) is 22.8. The first-order chi connectivity index (χ1) is 16.4. The fraction of sp³-hybridized carbons (Fsp3) is 0.0400. The number of nitrogens with zero attached hydrogens (tertiary/aromatic N) is 2. The maximum atomic E-state index is 12.6. The van der Waals surface area contributed by atoms with Crippen LogP contribution in [0, 0.1) is 10.1 Å². The molecule has 4 rings (SSSR count). The third-order valence-electron chi connectivity index (χ3n) is 4.93. The van der Waals surface area contributed by atoms with Crippen molar-refractivity contribution < 1.29 is 14.5 Å². The molecule has 4 aromatic rings. The smallest absolute Gasteiger partial charge is 0.313 e. The molecule has 3 aromatic carbocycles. The van der Waals surface area contributed by atoms with Crippen LogP contribution in [0.1, 0.15) is 15.9 Å². The molecule has 0 spiro atoms. The topological polar surface area (TPSA) is 103 Å². The van der Waals surface area contributed by atoms with Gasteiger partial charge >= 0.3 is 5.69 Å². The van der Waals surface area contributed by atoms with Crippen molar-refractivity contribution in [1.82, 2.24) is 4.57 Å². The molecule has 0 bridgehead atoms. The molecular formula is C25H18ClN3O5. The Morgan fingerprint density at radius 2 is 1.74 bits per heavy atom. The first-order valence-corrected chi connectivity index (χ1v) is 10.5. The van der Waals surface area contributed by atoms with Gasteiger partial charge in [-0.15, -0.1) is 0 Å². The number of carbonyl (C=O) groups is 1. The van der Waals surface area contributed by atoms with Crippen LogP contribution in [0.25, 0.3) is 0 Å². The van der Waals surface area contributed by atoms with Crippen LogP contribution >= 0.6 is 11.6 Å². The van der Waals surface area contributed by atoms with Crippen molar-refractivity contribution in [2.45, 2.75) is 6.54 Å². The molecule has 0 aliphatic rings. The minimum absolute atomic E-state index is 0.0458. The summed E-state index contributed by atoms with van der Waals surface area (Å²) in [5, 5.41) is 14.2. The summed E-state index contributed by atoms with van der Waals surface area (Å²) in [5.74, 6) is 0.0583. The Balaban J connectivity index is 1.40. The molecular weight excluding hydrogens is 458 g/mol. The molecule has 0 saturated heterocycles. The molecule has 1 heterocycles. The van der Waals surface area contributed by atoms with Crippen molar-refractivity contribution >= 4 is 28.9 Å². The fourth-order valence-corrected chi connectivity index (χ4v) is 3.37. The molecule has 0 aliphatic heterocycles. The van der Waals surface area contributed by atoms with E-state index < -0.39 is 4.92 Å². The summed E-state index contributed by atoms with van der Waals surface area (Å²) in [6, 6.07) is 22.5. The summed E-state index contributed by atoms with van der Waals surface area (Å²) < 4.78 is 7.19. The molecule has 170 valence electrons. The predicted molar refractivity (Wildman–Crippen MR) is 129 cm³/mol. The van der Waals surface area contributed by atoms with Crippen molar-refractivity contribution in [2.75, 3.05) is 5.32 Å². The van der Waals surface area contributed by atoms with Crippen LogP contribution in [0.15, 0.2) is 95.9 Å². The second-order valence-corrected chi connectivity index (χ2v) is 7.75. The molecule has 0 radical (unpaired) electrons. The molecule has 1 N–H and O–H groups in total. The Kier molecular flexibility index (Phi) is 6.70. The Hall–Kier alpha value is -4.43. The maximum absolute atomic E-state index is 12.6. The van der Waals surface area contributed by atoms with Crippen LogP contribution in [-0.4, -0.2) is 15.4 Å². The molecule has 1 aromatic heterocycles. The minimum Gasteiger partial charge on any atom is -0.450 e. The number of nitro groups is 1. The average Bonchev–Trinajstić information content (AvgIpc) is 2.83. The number of aromatic nitrogens is 1. The van der Waals surface area contributed by atoms with Gasteiger partial charge in [0, 0.05) is 34.6 Å². The number of hydrogen-bond acceptors (Lipinski definition) is 5. The highest BCUT2D eigenvalue weighted by molar-refractivity contribution is 6.30. The molecule has 8 nitrogen and oxygen atoms in total. The summed E-state index contributed by atoms with van der Waals surface area (Å²) in [7, 11) is 0. The molecule has 34 heavy (non-hydrogen) atoms. The number of hydrogen-bond donors (Lipinski definition) is 1. The van der Waals surface area contributed by atoms with Crippen LogP contribution < -0.4 is 15.6 Å². The molecule has 0 atom stereocenters. The van der Waals surface area contributed by atoms with E-state index in [1.165, 1.54) is 24.3 Å². The van der Waals surface area contributed by atoms with Gasteiger partial charge in [0.05, 0.1) is 11.5 Å². The highest BCUT2D eigenvalue weighted by Gasteiger charge is 2.16. The number of ether oxygens (including phenoxy) is 1. The second-order valence-electron chi connectivity index (χ2n) is 7.31. The average molecular weight is 476 g/mol. The van der Waals surface area contributed by atoms with E-state index in [0.29, 0.717) is 23.5 Å². The van der Waals surface area contributed by atoms with Crippen LogP contribution in [0.4, 0.5) is 11.4 Å². The van der Waals surface area contributed by atoms with E-state index in [1.807, 2.05) is 12.1 Å². The number of carbonyl (C=O) groups excluding carboxylic acids is 1. The lowest BCUT2D eigenvalue weighted by Crippen LogP contribution is -2.18. The van der Waals surface area contributed by atoms with Crippen LogP contribution in [0.2, 0.25) is 5.02 Å². The quantitative estimate of drug-likeness (QED) is 0.280. The van der Waals surface area contributed by atoms with Gasteiger partial charge in [-0.3, -0.25) is 19.7 Å². The molecule has 1 amide bonds. The van der Waals surface area contributed by atoms with Gasteiger partial charge in [-0.2, -0.15) is 0 Å². The third kappa shape index (κ3) is 5.48. The van der Waals surface area contributed by atoms with Gasteiger partial charge in [0.2, 0.25) is 5.75 Å². The summed E-state index contributed by atoms with van der Waals surface area (Å²) in [4.78, 5) is 35.1. The summed E-state index contributed by atoms with van der Waals surface area (Å²) in [5.41, 5.74) is 1.57. The van der Waals surface area contributed by atoms with Gasteiger partial charge < -0.3 is 14.6 Å². The van der Waals surface area contributed by atoms with Gasteiger partial charge in [0.1, 0.15) is 5.75 Å². The van der Waals surface area contributed by atoms with E-state index in [9.17, 15) is 19.7 Å². The van der Waals surface area contributed by atoms with Crippen molar-refractivity contribution in [3.05, 3.63) is 128 Å². The zero-order valence-corrected chi connectivity index (χ0v) is 18.4. The highest BCUT2D eigenvalue weighted by Crippen LogP contribution is 2.33. The summed E-state index contributed by atoms with van der Waals surface area (Å²) >= 11 is 5.82. The lowest BCUT2D eigenvalue weighted by atomic mass is 10.1. The molecule has 9 heteroatoms. The molecule has 0 aliphatic carbocycles. The Labute approximate surface area is 199 Å². The largest absolute Gasteiger partial charge is 0.450 e. The van der Waals surface area contributed by atoms with Crippen molar-refractivity contribution in [1.29, 1.82) is 0 Å². The van der Waals surface area contributed by atoms with Gasteiger partial charge in [-0.1, -0.05) is 29.8 Å². The fourth-order valence-electron chi connectivity index (χ4n) is 3.21. The standard InChI is InChI=1S/C25H18ClN3O5/c26-19-8-13-23(22(15-19)29(32)33)34-21-11-6-18(7-12-21)25(31)27-20-9-4-17(5-10-20)16-28-14-2-1-3-24(28)30/h1-15H,16H2,(H,27,31). The number of benzene rings is 3. The van der Waals surface area contributed by atoms with Gasteiger partial charge in [0.25, 0.3) is 11.5 Å². The van der Waals surface area contributed by atoms with Gasteiger partial charge in [-0.05, 0) is 60.2 Å².